The predicted molar refractivity (Wildman–Crippen MR) is 81.4 cm³/mol. The fourth-order valence-electron chi connectivity index (χ4n) is 3.66. The van der Waals surface area contributed by atoms with Crippen LogP contribution in [0.4, 0.5) is 0 Å². The number of imidazole rings is 1. The van der Waals surface area contributed by atoms with Crippen LogP contribution in [0.2, 0.25) is 0 Å². The highest BCUT2D eigenvalue weighted by Crippen LogP contribution is 2.49. The Morgan fingerprint density at radius 1 is 1.35 bits per heavy atom. The van der Waals surface area contributed by atoms with E-state index in [9.17, 15) is 0 Å². The third kappa shape index (κ3) is 1.85. The smallest absolute Gasteiger partial charge is 0.159 e. The van der Waals surface area contributed by atoms with Crippen molar-refractivity contribution in [2.75, 3.05) is 0 Å². The number of aromatic nitrogens is 3. The Hall–Kier alpha value is -1.42. The number of nitrogens with two attached hydrogens (primary N) is 1. The molecule has 0 radical (unpaired) electrons. The van der Waals surface area contributed by atoms with E-state index in [0.29, 0.717) is 17.9 Å². The van der Waals surface area contributed by atoms with Crippen LogP contribution in [0.15, 0.2) is 18.3 Å². The zero-order valence-corrected chi connectivity index (χ0v) is 12.8. The summed E-state index contributed by atoms with van der Waals surface area (Å²) in [4.78, 5) is 9.30. The van der Waals surface area contributed by atoms with Crippen molar-refractivity contribution in [3.63, 3.8) is 0 Å². The van der Waals surface area contributed by atoms with Crippen molar-refractivity contribution < 1.29 is 0 Å². The van der Waals surface area contributed by atoms with Crippen LogP contribution >= 0.6 is 0 Å². The van der Waals surface area contributed by atoms with Crippen LogP contribution < -0.4 is 5.73 Å². The van der Waals surface area contributed by atoms with Crippen molar-refractivity contribution in [3.8, 4) is 0 Å². The van der Waals surface area contributed by atoms with Gasteiger partial charge in [-0.05, 0) is 36.3 Å². The highest BCUT2D eigenvalue weighted by atomic mass is 15.1. The summed E-state index contributed by atoms with van der Waals surface area (Å²) in [5, 5.41) is 0. The number of rotatable bonds is 1. The minimum absolute atomic E-state index is 0.160. The molecule has 0 aliphatic heterocycles. The van der Waals surface area contributed by atoms with Gasteiger partial charge in [0.2, 0.25) is 0 Å². The van der Waals surface area contributed by atoms with Gasteiger partial charge in [0.15, 0.2) is 5.65 Å². The molecule has 3 atom stereocenters. The average molecular weight is 272 g/mol. The quantitative estimate of drug-likeness (QED) is 0.868. The lowest BCUT2D eigenvalue weighted by molar-refractivity contribution is 0.0936. The van der Waals surface area contributed by atoms with Crippen molar-refractivity contribution in [1.82, 2.24) is 14.5 Å². The summed E-state index contributed by atoms with van der Waals surface area (Å²) in [6.45, 7) is 6.93. The molecule has 1 fully saturated rings. The molecule has 108 valence electrons. The largest absolute Gasteiger partial charge is 0.327 e. The highest BCUT2D eigenvalue weighted by Gasteiger charge is 2.44. The first-order valence-electron chi connectivity index (χ1n) is 7.46. The van der Waals surface area contributed by atoms with Gasteiger partial charge in [-0.15, -0.1) is 0 Å². The lowest BCUT2D eigenvalue weighted by Gasteiger charge is -2.46. The number of nitrogens with zero attached hydrogens (tertiary/aromatic N) is 3. The molecule has 4 heteroatoms. The molecule has 0 bridgehead atoms. The summed E-state index contributed by atoms with van der Waals surface area (Å²) in [5.41, 5.74) is 8.39. The molecule has 2 aromatic rings. The first-order valence-corrected chi connectivity index (χ1v) is 7.46. The lowest BCUT2D eigenvalue weighted by Crippen LogP contribution is -2.46. The van der Waals surface area contributed by atoms with Gasteiger partial charge in [0.25, 0.3) is 0 Å². The van der Waals surface area contributed by atoms with E-state index in [-0.39, 0.29) is 5.41 Å². The van der Waals surface area contributed by atoms with Gasteiger partial charge in [0, 0.05) is 25.2 Å². The van der Waals surface area contributed by atoms with Crippen LogP contribution in [0, 0.1) is 11.3 Å². The van der Waals surface area contributed by atoms with Gasteiger partial charge in [0.05, 0.1) is 0 Å². The molecule has 2 heterocycles. The van der Waals surface area contributed by atoms with Crippen LogP contribution in [0.5, 0.6) is 0 Å². The third-order valence-electron chi connectivity index (χ3n) is 5.48. The molecule has 3 rings (SSSR count). The molecule has 2 N–H and O–H groups in total. The first-order chi connectivity index (χ1) is 9.43. The van der Waals surface area contributed by atoms with Gasteiger partial charge in [-0.1, -0.05) is 20.8 Å². The number of pyridine rings is 1. The second-order valence-electron chi connectivity index (χ2n) is 6.78. The van der Waals surface area contributed by atoms with Crippen molar-refractivity contribution in [1.29, 1.82) is 0 Å². The molecule has 3 unspecified atom stereocenters. The molecule has 1 aliphatic rings. The molecular weight excluding hydrogens is 248 g/mol. The van der Waals surface area contributed by atoms with Gasteiger partial charge >= 0.3 is 0 Å². The topological polar surface area (TPSA) is 56.7 Å². The van der Waals surface area contributed by atoms with Crippen molar-refractivity contribution >= 4 is 11.2 Å². The second-order valence-corrected chi connectivity index (χ2v) is 6.78. The maximum Gasteiger partial charge on any atom is 0.159 e. The molecule has 2 aromatic heterocycles. The molecule has 1 aliphatic carbocycles. The molecule has 0 spiro atoms. The number of fused-ring (bicyclic) bond motifs is 1. The second kappa shape index (κ2) is 4.55. The maximum atomic E-state index is 6.27. The highest BCUT2D eigenvalue weighted by molar-refractivity contribution is 5.71. The minimum Gasteiger partial charge on any atom is -0.327 e. The molecule has 20 heavy (non-hydrogen) atoms. The Labute approximate surface area is 120 Å². The monoisotopic (exact) mass is 272 g/mol. The zero-order chi connectivity index (χ0) is 14.5. The van der Waals surface area contributed by atoms with Crippen LogP contribution in [-0.4, -0.2) is 20.6 Å². The molecule has 1 saturated carbocycles. The van der Waals surface area contributed by atoms with Crippen molar-refractivity contribution in [2.45, 2.75) is 45.6 Å². The lowest BCUT2D eigenvalue weighted by atomic mass is 9.61. The maximum absolute atomic E-state index is 6.27. The Morgan fingerprint density at radius 2 is 2.10 bits per heavy atom. The van der Waals surface area contributed by atoms with Crippen LogP contribution in [0.3, 0.4) is 0 Å². The van der Waals surface area contributed by atoms with Gasteiger partial charge < -0.3 is 10.3 Å². The number of aryl methyl sites for hydroxylation is 1. The predicted octanol–water partition coefficient (Wildman–Crippen LogP) is 2.84. The van der Waals surface area contributed by atoms with Crippen molar-refractivity contribution in [3.05, 3.63) is 24.2 Å². The summed E-state index contributed by atoms with van der Waals surface area (Å²) in [6.07, 6.45) is 4.01. The van der Waals surface area contributed by atoms with E-state index >= 15 is 0 Å². The Kier molecular flexibility index (Phi) is 3.09. The van der Waals surface area contributed by atoms with E-state index in [2.05, 4.69) is 37.4 Å². The number of hydrogen-bond donors (Lipinski definition) is 1. The Morgan fingerprint density at radius 3 is 2.80 bits per heavy atom. The summed E-state index contributed by atoms with van der Waals surface area (Å²) in [5.74, 6) is 2.09. The normalized spacial score (nSPS) is 29.8. The molecule has 0 saturated heterocycles. The molecular formula is C16H24N4. The van der Waals surface area contributed by atoms with Crippen LogP contribution in [-0.2, 0) is 7.05 Å². The molecule has 0 amide bonds. The van der Waals surface area contributed by atoms with E-state index in [0.717, 1.165) is 29.8 Å². The first kappa shape index (κ1) is 13.6. The van der Waals surface area contributed by atoms with Crippen LogP contribution in [0.25, 0.3) is 11.2 Å². The summed E-state index contributed by atoms with van der Waals surface area (Å²) >= 11 is 0. The standard InChI is InChI=1S/C16H24N4/c1-10-12(17)8-7-11(16(10,2)3)14-19-13-6-5-9-18-15(13)20(14)4/h5-6,9-12H,7-8,17H2,1-4H3. The fraction of sp³-hybridized carbons (Fsp3) is 0.625. The van der Waals surface area contributed by atoms with Gasteiger partial charge in [0.1, 0.15) is 11.3 Å². The number of hydrogen-bond acceptors (Lipinski definition) is 3. The van der Waals surface area contributed by atoms with E-state index in [1.165, 1.54) is 0 Å². The van der Waals surface area contributed by atoms with Crippen LogP contribution in [0.1, 0.15) is 45.4 Å². The SMILES string of the molecule is CC1C(N)CCC(c2nc3cccnc3n2C)C1(C)C. The van der Waals surface area contributed by atoms with E-state index < -0.39 is 0 Å². The summed E-state index contributed by atoms with van der Waals surface area (Å²) < 4.78 is 2.16. The van der Waals surface area contributed by atoms with Gasteiger partial charge in [-0.2, -0.15) is 0 Å². The molecule has 4 nitrogen and oxygen atoms in total. The van der Waals surface area contributed by atoms with Gasteiger partial charge in [-0.25, -0.2) is 9.97 Å². The van der Waals surface area contributed by atoms with E-state index in [1.54, 1.807) is 0 Å². The Bertz CT molecular complexity index is 628. The molecule has 0 aromatic carbocycles. The average Bonchev–Trinajstić information content (AvgIpc) is 2.74. The minimum atomic E-state index is 0.160. The zero-order valence-electron chi connectivity index (χ0n) is 12.8. The third-order valence-corrected chi connectivity index (χ3v) is 5.48. The Balaban J connectivity index is 2.08. The summed E-state index contributed by atoms with van der Waals surface area (Å²) in [6, 6.07) is 4.29. The fourth-order valence-corrected chi connectivity index (χ4v) is 3.66. The van der Waals surface area contributed by atoms with Crippen molar-refractivity contribution in [2.24, 2.45) is 24.1 Å². The van der Waals surface area contributed by atoms with Gasteiger partial charge in [-0.3, -0.25) is 0 Å². The van der Waals surface area contributed by atoms with E-state index in [4.69, 9.17) is 10.7 Å². The summed E-state index contributed by atoms with van der Waals surface area (Å²) in [7, 11) is 2.08. The van der Waals surface area contributed by atoms with E-state index in [1.807, 2.05) is 18.3 Å².